The van der Waals surface area contributed by atoms with E-state index in [-0.39, 0.29) is 5.91 Å². The monoisotopic (exact) mass is 367 g/mol. The minimum Gasteiger partial charge on any atom is -0.332 e. The minimum absolute atomic E-state index is 0.198. The van der Waals surface area contributed by atoms with Gasteiger partial charge >= 0.3 is 0 Å². The van der Waals surface area contributed by atoms with Crippen molar-refractivity contribution >= 4 is 17.2 Å². The first-order valence-electron chi connectivity index (χ1n) is 9.65. The Balaban J connectivity index is 1.53. The summed E-state index contributed by atoms with van der Waals surface area (Å²) in [6.07, 6.45) is 2.46. The number of carbonyl (C=O) groups is 1. The summed E-state index contributed by atoms with van der Waals surface area (Å²) in [5, 5.41) is 0. The first kappa shape index (κ1) is 16.5. The zero-order chi connectivity index (χ0) is 17.8. The molecule has 1 amide bonds. The molecule has 0 spiro atoms. The second-order valence-electron chi connectivity index (χ2n) is 8.10. The lowest BCUT2D eigenvalue weighted by atomic mass is 9.75. The standard InChI is InChI=1S/C21H25N3OS/c1-13-3-5-15(6-4-13)17-11-24(21(25)20-14(2)22-12-26-20)18-16-7-9-23(10-8-16)19(17)18/h3-6,12,16-19H,7-11H2,1-2H3/t17-,18+,19+/m0/s1. The number of likely N-dealkylation sites (tertiary alicyclic amines) is 1. The molecular weight excluding hydrogens is 342 g/mol. The molecule has 4 fully saturated rings. The molecule has 1 aromatic carbocycles. The average Bonchev–Trinajstić information content (AvgIpc) is 3.28. The highest BCUT2D eigenvalue weighted by molar-refractivity contribution is 7.11. The van der Waals surface area contributed by atoms with Gasteiger partial charge in [-0.2, -0.15) is 0 Å². The fourth-order valence-electron chi connectivity index (χ4n) is 5.40. The number of amides is 1. The molecule has 5 heteroatoms. The predicted molar refractivity (Wildman–Crippen MR) is 104 cm³/mol. The van der Waals surface area contributed by atoms with Crippen molar-refractivity contribution in [2.24, 2.45) is 5.92 Å². The fourth-order valence-corrected chi connectivity index (χ4v) is 6.16. The normalized spacial score (nSPS) is 32.7. The van der Waals surface area contributed by atoms with Gasteiger partial charge in [0.1, 0.15) is 4.88 Å². The fraction of sp³-hybridized carbons (Fsp3) is 0.524. The molecule has 0 N–H and O–H groups in total. The average molecular weight is 368 g/mol. The van der Waals surface area contributed by atoms with E-state index in [1.807, 2.05) is 6.92 Å². The lowest BCUT2D eigenvalue weighted by molar-refractivity contribution is -0.00328. The highest BCUT2D eigenvalue weighted by Crippen LogP contribution is 2.47. The minimum atomic E-state index is 0.198. The lowest BCUT2D eigenvalue weighted by Crippen LogP contribution is -2.60. The van der Waals surface area contributed by atoms with Crippen LogP contribution < -0.4 is 0 Å². The van der Waals surface area contributed by atoms with Crippen LogP contribution in [0.15, 0.2) is 29.8 Å². The van der Waals surface area contributed by atoms with Crippen molar-refractivity contribution in [1.82, 2.24) is 14.8 Å². The lowest BCUT2D eigenvalue weighted by Gasteiger charge is -2.51. The number of piperidine rings is 3. The van der Waals surface area contributed by atoms with Gasteiger partial charge in [0, 0.05) is 18.5 Å². The highest BCUT2D eigenvalue weighted by Gasteiger charge is 2.54. The van der Waals surface area contributed by atoms with E-state index in [1.54, 1.807) is 5.51 Å². The Morgan fingerprint density at radius 3 is 2.50 bits per heavy atom. The molecule has 6 rings (SSSR count). The molecule has 4 nitrogen and oxygen atoms in total. The number of rotatable bonds is 2. The largest absolute Gasteiger partial charge is 0.332 e. The van der Waals surface area contributed by atoms with E-state index >= 15 is 0 Å². The summed E-state index contributed by atoms with van der Waals surface area (Å²) in [6.45, 7) is 7.30. The number of thiazole rings is 1. The predicted octanol–water partition coefficient (Wildman–Crippen LogP) is 3.46. The van der Waals surface area contributed by atoms with Crippen LogP contribution in [0.4, 0.5) is 0 Å². The Kier molecular flexibility index (Phi) is 3.90. The van der Waals surface area contributed by atoms with Crippen LogP contribution in [0.1, 0.15) is 45.3 Å². The number of aromatic nitrogens is 1. The van der Waals surface area contributed by atoms with Crippen LogP contribution >= 0.6 is 11.3 Å². The van der Waals surface area contributed by atoms with Crippen molar-refractivity contribution in [1.29, 1.82) is 0 Å². The van der Waals surface area contributed by atoms with Gasteiger partial charge in [-0.3, -0.25) is 9.69 Å². The van der Waals surface area contributed by atoms with E-state index in [9.17, 15) is 4.79 Å². The number of aryl methyl sites for hydroxylation is 2. The zero-order valence-electron chi connectivity index (χ0n) is 15.4. The molecular formula is C21H25N3OS. The number of benzene rings is 1. The summed E-state index contributed by atoms with van der Waals surface area (Å²) in [5.41, 5.74) is 5.34. The van der Waals surface area contributed by atoms with E-state index in [1.165, 1.54) is 48.4 Å². The molecule has 4 aliphatic rings. The Morgan fingerprint density at radius 2 is 1.85 bits per heavy atom. The summed E-state index contributed by atoms with van der Waals surface area (Å²) in [4.78, 5) is 23.4. The molecule has 2 aromatic rings. The quantitative estimate of drug-likeness (QED) is 0.816. The van der Waals surface area contributed by atoms with Gasteiger partial charge in [-0.05, 0) is 51.3 Å². The molecule has 0 unspecified atom stereocenters. The molecule has 3 atom stereocenters. The van der Waals surface area contributed by atoms with E-state index in [0.29, 0.717) is 23.9 Å². The first-order valence-corrected chi connectivity index (χ1v) is 10.5. The first-order chi connectivity index (χ1) is 12.6. The van der Waals surface area contributed by atoms with Gasteiger partial charge in [0.15, 0.2) is 0 Å². The third-order valence-corrected chi connectivity index (χ3v) is 7.62. The van der Waals surface area contributed by atoms with Crippen molar-refractivity contribution in [3.63, 3.8) is 0 Å². The van der Waals surface area contributed by atoms with Crippen LogP contribution in [-0.2, 0) is 0 Å². The van der Waals surface area contributed by atoms with Crippen LogP contribution in [-0.4, -0.2) is 52.4 Å². The van der Waals surface area contributed by atoms with Gasteiger partial charge in [0.25, 0.3) is 5.91 Å². The molecule has 5 heterocycles. The maximum absolute atomic E-state index is 13.4. The molecule has 136 valence electrons. The van der Waals surface area contributed by atoms with E-state index in [0.717, 1.165) is 17.1 Å². The van der Waals surface area contributed by atoms with Gasteiger partial charge in [-0.25, -0.2) is 4.98 Å². The maximum atomic E-state index is 13.4. The summed E-state index contributed by atoms with van der Waals surface area (Å²) in [5.74, 6) is 1.27. The SMILES string of the molecule is Cc1ccc([C@@H]2CN(C(=O)c3scnc3C)[C@@H]3C4CCN(CC4)[C@@H]32)cc1. The van der Waals surface area contributed by atoms with E-state index < -0.39 is 0 Å². The summed E-state index contributed by atoms with van der Waals surface area (Å²) >= 11 is 1.49. The molecule has 1 aromatic heterocycles. The molecule has 0 saturated carbocycles. The zero-order valence-corrected chi connectivity index (χ0v) is 16.2. The van der Waals surface area contributed by atoms with Crippen LogP contribution in [0.3, 0.4) is 0 Å². The Labute approximate surface area is 158 Å². The second kappa shape index (κ2) is 6.17. The molecule has 0 radical (unpaired) electrons. The van der Waals surface area contributed by atoms with Crippen molar-refractivity contribution in [3.05, 3.63) is 51.5 Å². The number of hydrogen-bond acceptors (Lipinski definition) is 4. The molecule has 0 aliphatic carbocycles. The van der Waals surface area contributed by atoms with Crippen molar-refractivity contribution in [2.75, 3.05) is 19.6 Å². The number of nitrogens with zero attached hydrogens (tertiary/aromatic N) is 3. The molecule has 26 heavy (non-hydrogen) atoms. The van der Waals surface area contributed by atoms with Gasteiger partial charge in [0.2, 0.25) is 0 Å². The van der Waals surface area contributed by atoms with Crippen molar-refractivity contribution in [3.8, 4) is 0 Å². The molecule has 4 aliphatic heterocycles. The maximum Gasteiger partial charge on any atom is 0.266 e. The summed E-state index contributed by atoms with van der Waals surface area (Å²) < 4.78 is 0. The van der Waals surface area contributed by atoms with Crippen LogP contribution in [0.5, 0.6) is 0 Å². The summed E-state index contributed by atoms with van der Waals surface area (Å²) in [7, 11) is 0. The summed E-state index contributed by atoms with van der Waals surface area (Å²) in [6, 6.07) is 9.79. The van der Waals surface area contributed by atoms with Crippen LogP contribution in [0, 0.1) is 19.8 Å². The highest BCUT2D eigenvalue weighted by atomic mass is 32.1. The van der Waals surface area contributed by atoms with Crippen molar-refractivity contribution < 1.29 is 4.79 Å². The van der Waals surface area contributed by atoms with Gasteiger partial charge in [-0.1, -0.05) is 29.8 Å². The topological polar surface area (TPSA) is 36.4 Å². The number of fused-ring (bicyclic) bond motifs is 2. The second-order valence-corrected chi connectivity index (χ2v) is 8.95. The third kappa shape index (κ3) is 2.44. The molecule has 4 saturated heterocycles. The number of carbonyl (C=O) groups excluding carboxylic acids is 1. The van der Waals surface area contributed by atoms with Gasteiger partial charge < -0.3 is 4.90 Å². The Hall–Kier alpha value is -1.72. The van der Waals surface area contributed by atoms with Crippen molar-refractivity contribution in [2.45, 2.75) is 44.7 Å². The number of hydrogen-bond donors (Lipinski definition) is 0. The third-order valence-electron chi connectivity index (χ3n) is 6.70. The van der Waals surface area contributed by atoms with Gasteiger partial charge in [0.05, 0.1) is 17.2 Å². The van der Waals surface area contributed by atoms with Crippen LogP contribution in [0.25, 0.3) is 0 Å². The van der Waals surface area contributed by atoms with E-state index in [4.69, 9.17) is 0 Å². The molecule has 2 bridgehead atoms. The Morgan fingerprint density at radius 1 is 1.12 bits per heavy atom. The van der Waals surface area contributed by atoms with E-state index in [2.05, 4.69) is 46.0 Å². The van der Waals surface area contributed by atoms with Crippen LogP contribution in [0.2, 0.25) is 0 Å². The Bertz CT molecular complexity index is 822. The van der Waals surface area contributed by atoms with Gasteiger partial charge in [-0.15, -0.1) is 11.3 Å². The smallest absolute Gasteiger partial charge is 0.266 e.